The van der Waals surface area contributed by atoms with Crippen molar-refractivity contribution in [3.8, 4) is 10.9 Å². The van der Waals surface area contributed by atoms with Crippen LogP contribution in [-0.4, -0.2) is 9.97 Å². The molecule has 2 aromatic heterocycles. The Balaban J connectivity index is 2.18. The molecule has 2 aromatic rings. The highest BCUT2D eigenvalue weighted by Gasteiger charge is 2.03. The zero-order valence-corrected chi connectivity index (χ0v) is 7.79. The van der Waals surface area contributed by atoms with Crippen LogP contribution in [0.3, 0.4) is 0 Å². The van der Waals surface area contributed by atoms with Crippen LogP contribution in [0.25, 0.3) is 0 Å². The molecule has 0 spiro atoms. The molecule has 0 aliphatic heterocycles. The molecule has 2 rings (SSSR count). The molecule has 0 aromatic carbocycles. The van der Waals surface area contributed by atoms with Crippen molar-refractivity contribution in [2.75, 3.05) is 5.73 Å². The summed E-state index contributed by atoms with van der Waals surface area (Å²) in [7, 11) is 0. The van der Waals surface area contributed by atoms with Crippen LogP contribution in [-0.2, 0) is 0 Å². The minimum absolute atomic E-state index is 0.305. The van der Waals surface area contributed by atoms with E-state index in [-0.39, 0.29) is 0 Å². The number of pyridine rings is 1. The quantitative estimate of drug-likeness (QED) is 0.825. The Kier molecular flexibility index (Phi) is 2.28. The number of nitrogen functional groups attached to an aromatic ring is 1. The van der Waals surface area contributed by atoms with Crippen LogP contribution in [0.4, 0.5) is 9.39 Å². The standard InChI is InChI=1S/C8H6FN3OS/c9-5-1-6(3-11-2-5)13-8-12-4-7(10)14-8/h1-4H,10H2. The summed E-state index contributed by atoms with van der Waals surface area (Å²) >= 11 is 1.18. The highest BCUT2D eigenvalue weighted by atomic mass is 32.1. The largest absolute Gasteiger partial charge is 0.429 e. The molecule has 6 heteroatoms. The van der Waals surface area contributed by atoms with Crippen molar-refractivity contribution in [1.29, 1.82) is 0 Å². The normalized spacial score (nSPS) is 10.1. The van der Waals surface area contributed by atoms with Gasteiger partial charge in [0.25, 0.3) is 5.19 Å². The van der Waals surface area contributed by atoms with Gasteiger partial charge in [0.1, 0.15) is 10.8 Å². The summed E-state index contributed by atoms with van der Waals surface area (Å²) < 4.78 is 17.9. The lowest BCUT2D eigenvalue weighted by atomic mass is 10.4. The fourth-order valence-electron chi connectivity index (χ4n) is 0.866. The molecule has 2 heterocycles. The summed E-state index contributed by atoms with van der Waals surface area (Å²) in [4.78, 5) is 7.49. The summed E-state index contributed by atoms with van der Waals surface area (Å²) in [5.41, 5.74) is 5.45. The third kappa shape index (κ3) is 1.97. The Morgan fingerprint density at radius 1 is 1.36 bits per heavy atom. The molecule has 0 saturated carbocycles. The van der Waals surface area contributed by atoms with E-state index in [1.54, 1.807) is 0 Å². The molecule has 0 fully saturated rings. The lowest BCUT2D eigenvalue weighted by Gasteiger charge is -1.99. The van der Waals surface area contributed by atoms with Crippen molar-refractivity contribution in [3.63, 3.8) is 0 Å². The van der Waals surface area contributed by atoms with Crippen LogP contribution in [0.2, 0.25) is 0 Å². The van der Waals surface area contributed by atoms with Gasteiger partial charge in [-0.15, -0.1) is 0 Å². The molecule has 0 saturated heterocycles. The topological polar surface area (TPSA) is 61.0 Å². The Morgan fingerprint density at radius 2 is 2.21 bits per heavy atom. The number of hydrogen-bond acceptors (Lipinski definition) is 5. The van der Waals surface area contributed by atoms with Crippen molar-refractivity contribution < 1.29 is 9.13 Å². The molecular formula is C8H6FN3OS. The maximum absolute atomic E-state index is 12.7. The summed E-state index contributed by atoms with van der Waals surface area (Å²) in [5.74, 6) is -0.147. The second kappa shape index (κ2) is 3.59. The third-order valence-corrected chi connectivity index (χ3v) is 2.09. The first-order chi connectivity index (χ1) is 6.74. The average Bonchev–Trinajstić information content (AvgIpc) is 2.51. The molecule has 4 nitrogen and oxygen atoms in total. The lowest BCUT2D eigenvalue weighted by molar-refractivity contribution is 0.470. The van der Waals surface area contributed by atoms with Gasteiger partial charge in [-0.25, -0.2) is 9.37 Å². The number of ether oxygens (including phenoxy) is 1. The van der Waals surface area contributed by atoms with E-state index < -0.39 is 5.82 Å². The first kappa shape index (κ1) is 8.89. The highest BCUT2D eigenvalue weighted by molar-refractivity contribution is 7.17. The number of aromatic nitrogens is 2. The van der Waals surface area contributed by atoms with E-state index in [0.717, 1.165) is 6.20 Å². The minimum Gasteiger partial charge on any atom is -0.429 e. The lowest BCUT2D eigenvalue weighted by Crippen LogP contribution is -1.85. The van der Waals surface area contributed by atoms with Gasteiger partial charge in [0.05, 0.1) is 18.6 Å². The molecule has 14 heavy (non-hydrogen) atoms. The Labute approximate surface area is 83.2 Å². The maximum Gasteiger partial charge on any atom is 0.280 e. The average molecular weight is 211 g/mol. The first-order valence-corrected chi connectivity index (χ1v) is 4.55. The monoisotopic (exact) mass is 211 g/mol. The highest BCUT2D eigenvalue weighted by Crippen LogP contribution is 2.27. The van der Waals surface area contributed by atoms with Gasteiger partial charge in [-0.05, 0) is 0 Å². The zero-order chi connectivity index (χ0) is 9.97. The van der Waals surface area contributed by atoms with Gasteiger partial charge in [-0.1, -0.05) is 11.3 Å². The van der Waals surface area contributed by atoms with Crippen LogP contribution < -0.4 is 10.5 Å². The second-order valence-electron chi connectivity index (χ2n) is 2.47. The first-order valence-electron chi connectivity index (χ1n) is 3.74. The molecule has 0 amide bonds. The fourth-order valence-corrected chi connectivity index (χ4v) is 1.42. The van der Waals surface area contributed by atoms with Crippen molar-refractivity contribution in [1.82, 2.24) is 9.97 Å². The summed E-state index contributed by atoms with van der Waals surface area (Å²) in [6.07, 6.45) is 3.98. The van der Waals surface area contributed by atoms with Gasteiger partial charge in [-0.3, -0.25) is 4.98 Å². The number of anilines is 1. The van der Waals surface area contributed by atoms with Crippen LogP contribution in [0, 0.1) is 5.82 Å². The predicted octanol–water partition coefficient (Wildman–Crippen LogP) is 2.05. The predicted molar refractivity (Wildman–Crippen MR) is 50.8 cm³/mol. The van der Waals surface area contributed by atoms with Gasteiger partial charge < -0.3 is 10.5 Å². The van der Waals surface area contributed by atoms with Gasteiger partial charge in [0, 0.05) is 6.07 Å². The van der Waals surface area contributed by atoms with E-state index in [1.165, 1.54) is 29.8 Å². The summed E-state index contributed by atoms with van der Waals surface area (Å²) in [6.45, 7) is 0. The molecule has 0 atom stereocenters. The zero-order valence-electron chi connectivity index (χ0n) is 6.98. The Bertz CT molecular complexity index is 446. The fraction of sp³-hybridized carbons (Fsp3) is 0. The van der Waals surface area contributed by atoms with Gasteiger partial charge in [-0.2, -0.15) is 0 Å². The van der Waals surface area contributed by atoms with E-state index >= 15 is 0 Å². The molecule has 72 valence electrons. The Hall–Kier alpha value is -1.69. The van der Waals surface area contributed by atoms with Crippen molar-refractivity contribution >= 4 is 16.3 Å². The second-order valence-corrected chi connectivity index (χ2v) is 3.49. The molecule has 0 bridgehead atoms. The Morgan fingerprint density at radius 3 is 2.86 bits per heavy atom. The minimum atomic E-state index is -0.452. The van der Waals surface area contributed by atoms with Crippen LogP contribution in [0.5, 0.6) is 10.9 Å². The van der Waals surface area contributed by atoms with Gasteiger partial charge in [0.2, 0.25) is 0 Å². The molecule has 0 unspecified atom stereocenters. The SMILES string of the molecule is Nc1cnc(Oc2cncc(F)c2)s1. The third-order valence-electron chi connectivity index (χ3n) is 1.39. The smallest absolute Gasteiger partial charge is 0.280 e. The van der Waals surface area contributed by atoms with Gasteiger partial charge in [0.15, 0.2) is 5.75 Å². The van der Waals surface area contributed by atoms with Crippen LogP contribution in [0.1, 0.15) is 0 Å². The number of nitrogens with zero attached hydrogens (tertiary/aromatic N) is 2. The summed E-state index contributed by atoms with van der Waals surface area (Å²) in [6, 6.07) is 1.23. The molecule has 0 aliphatic rings. The van der Waals surface area contributed by atoms with Crippen LogP contribution in [0.15, 0.2) is 24.7 Å². The van der Waals surface area contributed by atoms with Crippen molar-refractivity contribution in [2.24, 2.45) is 0 Å². The molecule has 0 aliphatic carbocycles. The number of nitrogens with two attached hydrogens (primary N) is 1. The van der Waals surface area contributed by atoms with Crippen molar-refractivity contribution in [3.05, 3.63) is 30.5 Å². The van der Waals surface area contributed by atoms with E-state index in [9.17, 15) is 4.39 Å². The molecule has 2 N–H and O–H groups in total. The number of thiazole rings is 1. The van der Waals surface area contributed by atoms with Crippen LogP contribution >= 0.6 is 11.3 Å². The molecule has 0 radical (unpaired) electrons. The maximum atomic E-state index is 12.7. The van der Waals surface area contributed by atoms with Gasteiger partial charge >= 0.3 is 0 Å². The molecular weight excluding hydrogens is 205 g/mol. The summed E-state index contributed by atoms with van der Waals surface area (Å²) in [5, 5.41) is 0.916. The van der Waals surface area contributed by atoms with E-state index in [4.69, 9.17) is 10.5 Å². The number of hydrogen-bond donors (Lipinski definition) is 1. The van der Waals surface area contributed by atoms with Crippen molar-refractivity contribution in [2.45, 2.75) is 0 Å². The van der Waals surface area contributed by atoms with E-state index in [1.807, 2.05) is 0 Å². The number of halogens is 1. The number of rotatable bonds is 2. The van der Waals surface area contributed by atoms with E-state index in [0.29, 0.717) is 15.9 Å². The van der Waals surface area contributed by atoms with E-state index in [2.05, 4.69) is 9.97 Å².